The van der Waals surface area contributed by atoms with E-state index in [-0.39, 0.29) is 36.6 Å². The third kappa shape index (κ3) is 3.37. The number of fused-ring (bicyclic) bond motifs is 1. The number of carbonyl (C=O) groups excluding carboxylic acids is 2. The monoisotopic (exact) mass is 328 g/mol. The van der Waals surface area contributed by atoms with Crippen LogP contribution in [0.15, 0.2) is 48.5 Å². The molecule has 124 valence electrons. The molecule has 2 amide bonds. The summed E-state index contributed by atoms with van der Waals surface area (Å²) in [5.74, 6) is -0.580. The highest BCUT2D eigenvalue weighted by Crippen LogP contribution is 2.31. The highest BCUT2D eigenvalue weighted by Gasteiger charge is 2.29. The van der Waals surface area contributed by atoms with Crippen LogP contribution in [0.2, 0.25) is 0 Å². The molecule has 24 heavy (non-hydrogen) atoms. The van der Waals surface area contributed by atoms with Gasteiger partial charge in [0.15, 0.2) is 6.61 Å². The zero-order chi connectivity index (χ0) is 17.1. The summed E-state index contributed by atoms with van der Waals surface area (Å²) in [5, 5.41) is 2.80. The number of anilines is 2. The largest absolute Gasteiger partial charge is 0.484 e. The summed E-state index contributed by atoms with van der Waals surface area (Å²) >= 11 is 0. The predicted molar refractivity (Wildman–Crippen MR) is 88.5 cm³/mol. The van der Waals surface area contributed by atoms with Crippen molar-refractivity contribution in [2.75, 3.05) is 16.8 Å². The second kappa shape index (κ2) is 6.70. The maximum Gasteiger partial charge on any atom is 0.265 e. The number of ether oxygens (including phenoxy) is 1. The van der Waals surface area contributed by atoms with Crippen molar-refractivity contribution in [1.82, 2.24) is 0 Å². The number of hydrogen-bond donors (Lipinski definition) is 1. The maximum atomic E-state index is 13.2. The first-order valence-electron chi connectivity index (χ1n) is 7.64. The van der Waals surface area contributed by atoms with Crippen LogP contribution in [0.1, 0.15) is 13.3 Å². The maximum absolute atomic E-state index is 13.2. The SMILES string of the molecule is C[C@H]1CC(=O)Nc2ccccc2N1C(=O)COc1cccc(F)c1. The first-order valence-corrected chi connectivity index (χ1v) is 7.64. The van der Waals surface area contributed by atoms with Gasteiger partial charge in [-0.05, 0) is 31.2 Å². The summed E-state index contributed by atoms with van der Waals surface area (Å²) in [6, 6.07) is 12.4. The predicted octanol–water partition coefficient (Wildman–Crippen LogP) is 2.97. The van der Waals surface area contributed by atoms with Crippen LogP contribution in [0.25, 0.3) is 0 Å². The molecule has 2 aromatic rings. The van der Waals surface area contributed by atoms with Crippen molar-refractivity contribution in [3.05, 3.63) is 54.3 Å². The van der Waals surface area contributed by atoms with Crippen molar-refractivity contribution >= 4 is 23.2 Å². The van der Waals surface area contributed by atoms with E-state index >= 15 is 0 Å². The van der Waals surface area contributed by atoms with Crippen LogP contribution < -0.4 is 15.0 Å². The lowest BCUT2D eigenvalue weighted by molar-refractivity contribution is -0.121. The van der Waals surface area contributed by atoms with Gasteiger partial charge in [0.1, 0.15) is 11.6 Å². The lowest BCUT2D eigenvalue weighted by Crippen LogP contribution is -2.41. The molecule has 6 heteroatoms. The summed E-state index contributed by atoms with van der Waals surface area (Å²) in [4.78, 5) is 26.1. The van der Waals surface area contributed by atoms with E-state index in [9.17, 15) is 14.0 Å². The van der Waals surface area contributed by atoms with Crippen LogP contribution in [0.4, 0.5) is 15.8 Å². The van der Waals surface area contributed by atoms with Gasteiger partial charge in [-0.15, -0.1) is 0 Å². The van der Waals surface area contributed by atoms with Crippen LogP contribution in [0, 0.1) is 5.82 Å². The van der Waals surface area contributed by atoms with Gasteiger partial charge in [0.25, 0.3) is 5.91 Å². The Morgan fingerprint density at radius 2 is 2.08 bits per heavy atom. The van der Waals surface area contributed by atoms with Crippen LogP contribution in [0.5, 0.6) is 5.75 Å². The van der Waals surface area contributed by atoms with E-state index < -0.39 is 5.82 Å². The first kappa shape index (κ1) is 16.0. The Balaban J connectivity index is 1.81. The van der Waals surface area contributed by atoms with E-state index in [0.29, 0.717) is 11.4 Å². The molecule has 5 nitrogen and oxygen atoms in total. The number of carbonyl (C=O) groups is 2. The molecule has 1 heterocycles. The lowest BCUT2D eigenvalue weighted by Gasteiger charge is -2.27. The molecule has 0 fully saturated rings. The van der Waals surface area contributed by atoms with Crippen molar-refractivity contribution in [3.8, 4) is 5.75 Å². The van der Waals surface area contributed by atoms with Gasteiger partial charge in [-0.1, -0.05) is 18.2 Å². The second-order valence-corrected chi connectivity index (χ2v) is 5.63. The summed E-state index contributed by atoms with van der Waals surface area (Å²) in [6.45, 7) is 1.57. The number of halogens is 1. The van der Waals surface area contributed by atoms with Crippen LogP contribution in [0.3, 0.4) is 0 Å². The molecule has 0 aliphatic carbocycles. The minimum Gasteiger partial charge on any atom is -0.484 e. The number of para-hydroxylation sites is 2. The molecule has 1 aliphatic heterocycles. The fraction of sp³-hybridized carbons (Fsp3) is 0.222. The van der Waals surface area contributed by atoms with Crippen molar-refractivity contribution in [2.24, 2.45) is 0 Å². The Morgan fingerprint density at radius 3 is 2.88 bits per heavy atom. The molecule has 2 aromatic carbocycles. The highest BCUT2D eigenvalue weighted by atomic mass is 19.1. The Bertz CT molecular complexity index is 778. The minimum atomic E-state index is -0.428. The molecule has 0 aromatic heterocycles. The van der Waals surface area contributed by atoms with E-state index in [2.05, 4.69) is 5.32 Å². The standard InChI is InChI=1S/C18H17FN2O3/c1-12-9-17(22)20-15-7-2-3-8-16(15)21(12)18(23)11-24-14-6-4-5-13(19)10-14/h2-8,10,12H,9,11H2,1H3,(H,20,22)/t12-/m0/s1. The molecule has 1 aliphatic rings. The number of nitrogens with one attached hydrogen (secondary N) is 1. The van der Waals surface area contributed by atoms with Crippen LogP contribution in [-0.2, 0) is 9.59 Å². The quantitative estimate of drug-likeness (QED) is 0.942. The smallest absolute Gasteiger partial charge is 0.265 e. The number of amides is 2. The van der Waals surface area contributed by atoms with Crippen molar-refractivity contribution in [1.29, 1.82) is 0 Å². The Morgan fingerprint density at radius 1 is 1.29 bits per heavy atom. The molecular formula is C18H17FN2O3. The Kier molecular flexibility index (Phi) is 4.46. The zero-order valence-corrected chi connectivity index (χ0v) is 13.2. The Hall–Kier alpha value is -2.89. The van der Waals surface area contributed by atoms with E-state index in [1.165, 1.54) is 18.2 Å². The zero-order valence-electron chi connectivity index (χ0n) is 13.2. The number of benzene rings is 2. The number of nitrogens with zero attached hydrogens (tertiary/aromatic N) is 1. The van der Waals surface area contributed by atoms with E-state index in [1.807, 2.05) is 6.92 Å². The molecule has 0 unspecified atom stereocenters. The average molecular weight is 328 g/mol. The van der Waals surface area contributed by atoms with E-state index in [4.69, 9.17) is 4.74 Å². The fourth-order valence-electron chi connectivity index (χ4n) is 2.74. The van der Waals surface area contributed by atoms with Gasteiger partial charge in [0.2, 0.25) is 5.91 Å². The molecule has 0 saturated heterocycles. The van der Waals surface area contributed by atoms with Crippen molar-refractivity contribution in [3.63, 3.8) is 0 Å². The second-order valence-electron chi connectivity index (χ2n) is 5.63. The van der Waals surface area contributed by atoms with Gasteiger partial charge in [-0.2, -0.15) is 0 Å². The van der Waals surface area contributed by atoms with Gasteiger partial charge in [0.05, 0.1) is 11.4 Å². The van der Waals surface area contributed by atoms with Gasteiger partial charge >= 0.3 is 0 Å². The number of rotatable bonds is 3. The highest BCUT2D eigenvalue weighted by molar-refractivity contribution is 6.04. The molecule has 3 rings (SSSR count). The van der Waals surface area contributed by atoms with Gasteiger partial charge in [-0.25, -0.2) is 4.39 Å². The van der Waals surface area contributed by atoms with Crippen molar-refractivity contribution < 1.29 is 18.7 Å². The van der Waals surface area contributed by atoms with Gasteiger partial charge < -0.3 is 15.0 Å². The molecule has 0 radical (unpaired) electrons. The third-order valence-corrected chi connectivity index (χ3v) is 3.79. The topological polar surface area (TPSA) is 58.6 Å². The summed E-state index contributed by atoms with van der Waals surface area (Å²) < 4.78 is 18.6. The Labute approximate surface area is 139 Å². The third-order valence-electron chi connectivity index (χ3n) is 3.79. The van der Waals surface area contributed by atoms with Crippen LogP contribution >= 0.6 is 0 Å². The average Bonchev–Trinajstić information content (AvgIpc) is 2.67. The van der Waals surface area contributed by atoms with Crippen LogP contribution in [-0.4, -0.2) is 24.5 Å². The molecule has 1 N–H and O–H groups in total. The molecule has 0 spiro atoms. The van der Waals surface area contributed by atoms with E-state index in [0.717, 1.165) is 0 Å². The number of hydrogen-bond acceptors (Lipinski definition) is 3. The summed E-state index contributed by atoms with van der Waals surface area (Å²) in [6.07, 6.45) is 0.195. The normalized spacial score (nSPS) is 16.8. The molecule has 0 saturated carbocycles. The van der Waals surface area contributed by atoms with E-state index in [1.54, 1.807) is 35.2 Å². The van der Waals surface area contributed by atoms with Gasteiger partial charge in [0, 0.05) is 18.5 Å². The summed E-state index contributed by atoms with van der Waals surface area (Å²) in [7, 11) is 0. The lowest BCUT2D eigenvalue weighted by atomic mass is 10.1. The molecule has 1 atom stereocenters. The van der Waals surface area contributed by atoms with Gasteiger partial charge in [-0.3, -0.25) is 9.59 Å². The first-order chi connectivity index (χ1) is 11.5. The summed E-state index contributed by atoms with van der Waals surface area (Å²) in [5.41, 5.74) is 1.22. The van der Waals surface area contributed by atoms with Crippen molar-refractivity contribution in [2.45, 2.75) is 19.4 Å². The molecular weight excluding hydrogens is 311 g/mol. The minimum absolute atomic E-state index is 0.142. The molecule has 0 bridgehead atoms. The fourth-order valence-corrected chi connectivity index (χ4v) is 2.74.